The van der Waals surface area contributed by atoms with Crippen LogP contribution in [-0.2, 0) is 4.79 Å². The fraction of sp³-hybridized carbons (Fsp3) is 0.824. The predicted octanol–water partition coefficient (Wildman–Crippen LogP) is 4.99. The van der Waals surface area contributed by atoms with E-state index in [-0.39, 0.29) is 0 Å². The van der Waals surface area contributed by atoms with Gasteiger partial charge in [-0.2, -0.15) is 0 Å². The summed E-state index contributed by atoms with van der Waals surface area (Å²) in [6.45, 7) is 2.94. The lowest BCUT2D eigenvalue weighted by molar-refractivity contribution is -0.109. The molecule has 0 aromatic carbocycles. The maximum Gasteiger partial charge on any atom is 0.207 e. The lowest BCUT2D eigenvalue weighted by Gasteiger charge is -2.01. The molecule has 0 rings (SSSR count). The standard InChI is InChI=1S/C17H33NO/c1-2-3-4-5-6-7-8-9-10-11-12-13-14-15-16-18-17-19/h14-15,17H,2-13,16H2,1H3,(H,18,19)/b15-14+. The van der Waals surface area contributed by atoms with E-state index in [1.807, 2.05) is 6.08 Å². The molecule has 0 bridgehead atoms. The smallest absolute Gasteiger partial charge is 0.207 e. The van der Waals surface area contributed by atoms with Crippen molar-refractivity contribution in [3.8, 4) is 0 Å². The Morgan fingerprint density at radius 2 is 1.26 bits per heavy atom. The van der Waals surface area contributed by atoms with E-state index in [4.69, 9.17) is 0 Å². The normalized spacial score (nSPS) is 11.0. The van der Waals surface area contributed by atoms with Crippen molar-refractivity contribution in [3.05, 3.63) is 12.2 Å². The highest BCUT2D eigenvalue weighted by Gasteiger charge is 1.92. The van der Waals surface area contributed by atoms with Crippen molar-refractivity contribution in [2.24, 2.45) is 0 Å². The van der Waals surface area contributed by atoms with E-state index in [0.717, 1.165) is 12.8 Å². The lowest BCUT2D eigenvalue weighted by Crippen LogP contribution is -2.09. The maximum absolute atomic E-state index is 9.99. The third-order valence-corrected chi connectivity index (χ3v) is 3.46. The number of unbranched alkanes of at least 4 members (excludes halogenated alkanes) is 11. The SMILES string of the molecule is CCCCCCCCCCCCC/C=C/CNC=O. The van der Waals surface area contributed by atoms with Crippen LogP contribution < -0.4 is 5.32 Å². The first-order valence-electron chi connectivity index (χ1n) is 8.23. The average Bonchev–Trinajstić information content (AvgIpc) is 2.43. The minimum Gasteiger partial charge on any atom is -0.355 e. The maximum atomic E-state index is 9.99. The van der Waals surface area contributed by atoms with E-state index in [2.05, 4.69) is 18.3 Å². The summed E-state index contributed by atoms with van der Waals surface area (Å²) in [5, 5.41) is 2.62. The third-order valence-electron chi connectivity index (χ3n) is 3.46. The van der Waals surface area contributed by atoms with Gasteiger partial charge in [0.15, 0.2) is 0 Å². The largest absolute Gasteiger partial charge is 0.355 e. The van der Waals surface area contributed by atoms with Crippen molar-refractivity contribution in [1.82, 2.24) is 5.32 Å². The molecular formula is C17H33NO. The van der Waals surface area contributed by atoms with Crippen LogP contribution >= 0.6 is 0 Å². The molecule has 0 heterocycles. The van der Waals surface area contributed by atoms with Crippen LogP contribution in [0.1, 0.15) is 84.0 Å². The fourth-order valence-corrected chi connectivity index (χ4v) is 2.24. The number of amides is 1. The van der Waals surface area contributed by atoms with Crippen LogP contribution in [0.3, 0.4) is 0 Å². The molecule has 2 heteroatoms. The Bertz CT molecular complexity index is 201. The number of rotatable bonds is 15. The van der Waals surface area contributed by atoms with Gasteiger partial charge in [-0.05, 0) is 12.8 Å². The van der Waals surface area contributed by atoms with Crippen LogP contribution in [0.2, 0.25) is 0 Å². The summed E-state index contributed by atoms with van der Waals surface area (Å²) in [4.78, 5) is 9.99. The lowest BCUT2D eigenvalue weighted by atomic mass is 10.1. The third kappa shape index (κ3) is 17.2. The van der Waals surface area contributed by atoms with Crippen LogP contribution in [0.25, 0.3) is 0 Å². The zero-order chi connectivity index (χ0) is 14.0. The van der Waals surface area contributed by atoms with E-state index < -0.39 is 0 Å². The van der Waals surface area contributed by atoms with Gasteiger partial charge < -0.3 is 5.32 Å². The van der Waals surface area contributed by atoms with E-state index in [1.54, 1.807) is 0 Å². The molecule has 0 aromatic rings. The molecule has 0 spiro atoms. The second-order valence-electron chi connectivity index (χ2n) is 5.32. The molecule has 0 unspecified atom stereocenters. The molecular weight excluding hydrogens is 234 g/mol. The highest BCUT2D eigenvalue weighted by Crippen LogP contribution is 2.11. The summed E-state index contributed by atoms with van der Waals surface area (Å²) < 4.78 is 0. The number of hydrogen-bond acceptors (Lipinski definition) is 1. The first kappa shape index (κ1) is 18.2. The van der Waals surface area contributed by atoms with Crippen LogP contribution in [0.5, 0.6) is 0 Å². The Labute approximate surface area is 120 Å². The average molecular weight is 267 g/mol. The Hall–Kier alpha value is -0.790. The molecule has 0 saturated heterocycles. The van der Waals surface area contributed by atoms with Crippen LogP contribution in [-0.4, -0.2) is 13.0 Å². The van der Waals surface area contributed by atoms with Crippen molar-refractivity contribution in [3.63, 3.8) is 0 Å². The molecule has 19 heavy (non-hydrogen) atoms. The van der Waals surface area contributed by atoms with Gasteiger partial charge in [0.2, 0.25) is 6.41 Å². The summed E-state index contributed by atoms with van der Waals surface area (Å²) in [6, 6.07) is 0. The highest BCUT2D eigenvalue weighted by atomic mass is 16.1. The molecule has 2 nitrogen and oxygen atoms in total. The van der Waals surface area contributed by atoms with Crippen molar-refractivity contribution >= 4 is 6.41 Å². The Morgan fingerprint density at radius 3 is 1.79 bits per heavy atom. The zero-order valence-electron chi connectivity index (χ0n) is 12.8. The van der Waals surface area contributed by atoms with Gasteiger partial charge in [0.1, 0.15) is 0 Å². The molecule has 0 saturated carbocycles. The second kappa shape index (κ2) is 17.2. The van der Waals surface area contributed by atoms with Gasteiger partial charge in [0, 0.05) is 6.54 Å². The minimum absolute atomic E-state index is 0.668. The Kier molecular flexibility index (Phi) is 16.5. The number of nitrogens with one attached hydrogen (secondary N) is 1. The van der Waals surface area contributed by atoms with E-state index >= 15 is 0 Å². The first-order chi connectivity index (χ1) is 9.41. The highest BCUT2D eigenvalue weighted by molar-refractivity contribution is 5.46. The van der Waals surface area contributed by atoms with E-state index in [0.29, 0.717) is 6.54 Å². The monoisotopic (exact) mass is 267 g/mol. The van der Waals surface area contributed by atoms with Gasteiger partial charge in [-0.3, -0.25) is 4.79 Å². The molecule has 1 N–H and O–H groups in total. The molecule has 0 aliphatic rings. The second-order valence-corrected chi connectivity index (χ2v) is 5.32. The van der Waals surface area contributed by atoms with E-state index in [1.165, 1.54) is 70.6 Å². The Morgan fingerprint density at radius 1 is 0.737 bits per heavy atom. The van der Waals surface area contributed by atoms with Crippen LogP contribution in [0, 0.1) is 0 Å². The van der Waals surface area contributed by atoms with Gasteiger partial charge in [-0.25, -0.2) is 0 Å². The Balaban J connectivity index is 2.98. The summed E-state index contributed by atoms with van der Waals surface area (Å²) in [6.07, 6.45) is 21.4. The fourth-order valence-electron chi connectivity index (χ4n) is 2.24. The van der Waals surface area contributed by atoms with Gasteiger partial charge in [-0.1, -0.05) is 83.3 Å². The van der Waals surface area contributed by atoms with Gasteiger partial charge >= 0.3 is 0 Å². The van der Waals surface area contributed by atoms with Crippen molar-refractivity contribution in [2.75, 3.05) is 6.54 Å². The molecule has 0 aliphatic carbocycles. The van der Waals surface area contributed by atoms with Gasteiger partial charge in [-0.15, -0.1) is 0 Å². The number of allylic oxidation sites excluding steroid dienone is 1. The molecule has 0 atom stereocenters. The summed E-state index contributed by atoms with van der Waals surface area (Å²) in [5.74, 6) is 0. The minimum atomic E-state index is 0.668. The molecule has 1 amide bonds. The first-order valence-corrected chi connectivity index (χ1v) is 8.23. The van der Waals surface area contributed by atoms with Gasteiger partial charge in [0.05, 0.1) is 0 Å². The summed E-state index contributed by atoms with van der Waals surface area (Å²) in [7, 11) is 0. The van der Waals surface area contributed by atoms with Crippen molar-refractivity contribution < 1.29 is 4.79 Å². The summed E-state index contributed by atoms with van der Waals surface area (Å²) in [5.41, 5.74) is 0. The quantitative estimate of drug-likeness (QED) is 0.253. The topological polar surface area (TPSA) is 29.1 Å². The predicted molar refractivity (Wildman–Crippen MR) is 84.3 cm³/mol. The number of hydrogen-bond donors (Lipinski definition) is 1. The number of carbonyl (C=O) groups excluding carboxylic acids is 1. The molecule has 0 radical (unpaired) electrons. The molecule has 0 fully saturated rings. The zero-order valence-corrected chi connectivity index (χ0v) is 12.8. The summed E-state index contributed by atoms with van der Waals surface area (Å²) >= 11 is 0. The van der Waals surface area contributed by atoms with E-state index in [9.17, 15) is 4.79 Å². The van der Waals surface area contributed by atoms with Crippen LogP contribution in [0.15, 0.2) is 12.2 Å². The molecule has 0 aliphatic heterocycles. The molecule has 0 aromatic heterocycles. The molecule has 112 valence electrons. The van der Waals surface area contributed by atoms with Crippen molar-refractivity contribution in [2.45, 2.75) is 84.0 Å². The number of carbonyl (C=O) groups is 1. The van der Waals surface area contributed by atoms with Crippen molar-refractivity contribution in [1.29, 1.82) is 0 Å². The van der Waals surface area contributed by atoms with Gasteiger partial charge in [0.25, 0.3) is 0 Å². The van der Waals surface area contributed by atoms with Crippen LogP contribution in [0.4, 0.5) is 0 Å².